The third-order valence-corrected chi connectivity index (χ3v) is 4.67. The minimum Gasteiger partial charge on any atom is -0.461 e. The fourth-order valence-electron chi connectivity index (χ4n) is 3.55. The number of pyridine rings is 1. The number of aromatic amines is 1. The van der Waals surface area contributed by atoms with E-state index in [0.29, 0.717) is 12.3 Å². The maximum Gasteiger partial charge on any atom is 0.356 e. The number of nitrogens with one attached hydrogen (secondary N) is 1. The van der Waals surface area contributed by atoms with Gasteiger partial charge in [-0.15, -0.1) is 0 Å². The Balaban J connectivity index is 1.89. The second kappa shape index (κ2) is 6.15. The lowest BCUT2D eigenvalue weighted by atomic mass is 10.1. The number of esters is 1. The smallest absolute Gasteiger partial charge is 0.356 e. The molecule has 3 aromatic rings. The number of hydrogen-bond donors (Lipinski definition) is 1. The topological polar surface area (TPSA) is 58.2 Å². The molecule has 124 valence electrons. The summed E-state index contributed by atoms with van der Waals surface area (Å²) >= 11 is 0. The zero-order valence-electron chi connectivity index (χ0n) is 13.8. The van der Waals surface area contributed by atoms with Crippen molar-refractivity contribution in [2.75, 3.05) is 24.6 Å². The first-order valence-electron chi connectivity index (χ1n) is 8.60. The standard InChI is InChI=1S/C19H21N3O2/c1-2-24-19(23)15-11-13-16(12-20-15)21-14-7-6-8-17(18(13)14)22-9-4-3-5-10-22/h6-8,11-12,21H,2-5,9-10H2,1H3. The first kappa shape index (κ1) is 15.0. The van der Waals surface area contributed by atoms with Gasteiger partial charge >= 0.3 is 5.97 Å². The van der Waals surface area contributed by atoms with Crippen molar-refractivity contribution in [1.82, 2.24) is 9.97 Å². The van der Waals surface area contributed by atoms with Crippen molar-refractivity contribution in [3.05, 3.63) is 36.2 Å². The lowest BCUT2D eigenvalue weighted by Crippen LogP contribution is -2.29. The molecule has 1 fully saturated rings. The van der Waals surface area contributed by atoms with Crippen molar-refractivity contribution in [1.29, 1.82) is 0 Å². The van der Waals surface area contributed by atoms with Gasteiger partial charge in [0.1, 0.15) is 5.69 Å². The van der Waals surface area contributed by atoms with E-state index in [-0.39, 0.29) is 5.97 Å². The van der Waals surface area contributed by atoms with E-state index in [1.165, 1.54) is 30.3 Å². The largest absolute Gasteiger partial charge is 0.461 e. The predicted molar refractivity (Wildman–Crippen MR) is 95.6 cm³/mol. The molecule has 1 saturated heterocycles. The molecule has 1 aromatic carbocycles. The predicted octanol–water partition coefficient (Wildman–Crippen LogP) is 3.88. The highest BCUT2D eigenvalue weighted by atomic mass is 16.5. The maximum absolute atomic E-state index is 12.0. The molecule has 5 nitrogen and oxygen atoms in total. The van der Waals surface area contributed by atoms with E-state index in [2.05, 4.69) is 33.1 Å². The lowest BCUT2D eigenvalue weighted by Gasteiger charge is -2.29. The fourth-order valence-corrected chi connectivity index (χ4v) is 3.55. The molecular weight excluding hydrogens is 302 g/mol. The second-order valence-electron chi connectivity index (χ2n) is 6.21. The monoisotopic (exact) mass is 323 g/mol. The van der Waals surface area contributed by atoms with Crippen molar-refractivity contribution in [3.8, 4) is 0 Å². The van der Waals surface area contributed by atoms with Crippen LogP contribution in [0.15, 0.2) is 30.5 Å². The molecular formula is C19H21N3O2. The van der Waals surface area contributed by atoms with Crippen LogP contribution in [0, 0.1) is 0 Å². The van der Waals surface area contributed by atoms with E-state index in [9.17, 15) is 4.79 Å². The van der Waals surface area contributed by atoms with Gasteiger partial charge in [0.2, 0.25) is 0 Å². The Kier molecular flexibility index (Phi) is 3.84. The molecule has 0 saturated carbocycles. The second-order valence-corrected chi connectivity index (χ2v) is 6.21. The van der Waals surface area contributed by atoms with Gasteiger partial charge in [-0.25, -0.2) is 9.78 Å². The Bertz CT molecular complexity index is 894. The van der Waals surface area contributed by atoms with E-state index in [1.54, 1.807) is 13.1 Å². The zero-order chi connectivity index (χ0) is 16.5. The Labute approximate surface area is 140 Å². The maximum atomic E-state index is 12.0. The number of ether oxygens (including phenoxy) is 1. The number of hydrogen-bond acceptors (Lipinski definition) is 4. The number of carbonyl (C=O) groups excluding carboxylic acids is 1. The Morgan fingerprint density at radius 3 is 2.88 bits per heavy atom. The number of rotatable bonds is 3. The summed E-state index contributed by atoms with van der Waals surface area (Å²) in [4.78, 5) is 22.1. The van der Waals surface area contributed by atoms with Crippen LogP contribution in [-0.4, -0.2) is 35.6 Å². The average molecular weight is 323 g/mol. The Hall–Kier alpha value is -2.56. The number of aromatic nitrogens is 2. The van der Waals surface area contributed by atoms with E-state index in [0.717, 1.165) is 29.5 Å². The molecule has 0 unspecified atom stereocenters. The van der Waals surface area contributed by atoms with Gasteiger partial charge in [-0.2, -0.15) is 0 Å². The molecule has 0 radical (unpaired) electrons. The summed E-state index contributed by atoms with van der Waals surface area (Å²) in [6.07, 6.45) is 5.49. The normalized spacial score (nSPS) is 15.1. The summed E-state index contributed by atoms with van der Waals surface area (Å²) in [5.41, 5.74) is 3.62. The van der Waals surface area contributed by atoms with Crippen LogP contribution in [0.3, 0.4) is 0 Å². The average Bonchev–Trinajstić information content (AvgIpc) is 3.00. The molecule has 0 atom stereocenters. The molecule has 24 heavy (non-hydrogen) atoms. The van der Waals surface area contributed by atoms with Gasteiger partial charge in [0.15, 0.2) is 0 Å². The third-order valence-electron chi connectivity index (χ3n) is 4.67. The van der Waals surface area contributed by atoms with Gasteiger partial charge in [-0.3, -0.25) is 0 Å². The molecule has 1 aliphatic heterocycles. The van der Waals surface area contributed by atoms with Gasteiger partial charge in [0.25, 0.3) is 0 Å². The summed E-state index contributed by atoms with van der Waals surface area (Å²) < 4.78 is 5.09. The summed E-state index contributed by atoms with van der Waals surface area (Å²) in [5, 5.41) is 2.20. The number of piperidine rings is 1. The summed E-state index contributed by atoms with van der Waals surface area (Å²) in [5.74, 6) is -0.371. The van der Waals surface area contributed by atoms with Crippen LogP contribution >= 0.6 is 0 Å². The number of fused-ring (bicyclic) bond motifs is 3. The highest BCUT2D eigenvalue weighted by Gasteiger charge is 2.18. The Morgan fingerprint density at radius 2 is 2.08 bits per heavy atom. The third kappa shape index (κ3) is 2.50. The van der Waals surface area contributed by atoms with Crippen LogP contribution in [0.2, 0.25) is 0 Å². The van der Waals surface area contributed by atoms with E-state index in [1.807, 2.05) is 6.07 Å². The van der Waals surface area contributed by atoms with Crippen molar-refractivity contribution < 1.29 is 9.53 Å². The van der Waals surface area contributed by atoms with E-state index < -0.39 is 0 Å². The van der Waals surface area contributed by atoms with Crippen LogP contribution in [-0.2, 0) is 4.74 Å². The number of H-pyrrole nitrogens is 1. The van der Waals surface area contributed by atoms with Crippen molar-refractivity contribution in [2.45, 2.75) is 26.2 Å². The van der Waals surface area contributed by atoms with Crippen molar-refractivity contribution in [2.24, 2.45) is 0 Å². The molecule has 1 N–H and O–H groups in total. The fraction of sp³-hybridized carbons (Fsp3) is 0.368. The molecule has 3 heterocycles. The van der Waals surface area contributed by atoms with Gasteiger partial charge in [0, 0.05) is 35.1 Å². The van der Waals surface area contributed by atoms with Crippen molar-refractivity contribution >= 4 is 33.5 Å². The molecule has 0 aliphatic carbocycles. The van der Waals surface area contributed by atoms with Crippen molar-refractivity contribution in [3.63, 3.8) is 0 Å². The molecule has 1 aliphatic rings. The molecule has 0 amide bonds. The number of benzene rings is 1. The van der Waals surface area contributed by atoms with Crippen LogP contribution in [0.25, 0.3) is 21.8 Å². The quantitative estimate of drug-likeness (QED) is 0.743. The molecule has 5 heteroatoms. The number of anilines is 1. The summed E-state index contributed by atoms with van der Waals surface area (Å²) in [6.45, 7) is 4.32. The highest BCUT2D eigenvalue weighted by molar-refractivity contribution is 6.14. The molecule has 2 aromatic heterocycles. The first-order chi connectivity index (χ1) is 11.8. The number of carbonyl (C=O) groups is 1. The zero-order valence-corrected chi connectivity index (χ0v) is 13.8. The summed E-state index contributed by atoms with van der Waals surface area (Å²) in [6, 6.07) is 8.18. The Morgan fingerprint density at radius 1 is 1.25 bits per heavy atom. The van der Waals surface area contributed by atoms with Gasteiger partial charge in [-0.1, -0.05) is 6.07 Å². The van der Waals surface area contributed by atoms with E-state index in [4.69, 9.17) is 4.74 Å². The molecule has 4 rings (SSSR count). The van der Waals surface area contributed by atoms with E-state index >= 15 is 0 Å². The summed E-state index contributed by atoms with van der Waals surface area (Å²) in [7, 11) is 0. The highest BCUT2D eigenvalue weighted by Crippen LogP contribution is 2.35. The van der Waals surface area contributed by atoms with Crippen LogP contribution in [0.1, 0.15) is 36.7 Å². The van der Waals surface area contributed by atoms with Gasteiger partial charge in [0.05, 0.1) is 18.3 Å². The first-order valence-corrected chi connectivity index (χ1v) is 8.60. The minimum absolute atomic E-state index is 0.353. The molecule has 0 bridgehead atoms. The molecule has 0 spiro atoms. The van der Waals surface area contributed by atoms with Gasteiger partial charge in [-0.05, 0) is 44.4 Å². The lowest BCUT2D eigenvalue weighted by molar-refractivity contribution is 0.0520. The van der Waals surface area contributed by atoms with Crippen LogP contribution in [0.5, 0.6) is 0 Å². The number of nitrogens with zero attached hydrogens (tertiary/aromatic N) is 2. The van der Waals surface area contributed by atoms with Crippen LogP contribution in [0.4, 0.5) is 5.69 Å². The van der Waals surface area contributed by atoms with Gasteiger partial charge < -0.3 is 14.6 Å². The van der Waals surface area contributed by atoms with Crippen LogP contribution < -0.4 is 4.90 Å². The SMILES string of the molecule is CCOC(=O)c1cc2c(cn1)[nH]c1cccc(N3CCCCC3)c12. The minimum atomic E-state index is -0.371.